The topological polar surface area (TPSA) is 20.3 Å². The Morgan fingerprint density at radius 1 is 1.19 bits per heavy atom. The predicted molar refractivity (Wildman–Crippen MR) is 60.3 cm³/mol. The molecule has 1 radical (unpaired) electrons. The number of benzene rings is 1. The van der Waals surface area contributed by atoms with Crippen molar-refractivity contribution in [3.8, 4) is 0 Å². The second kappa shape index (κ2) is 5.21. The molecule has 0 saturated carbocycles. The molecule has 1 atom stereocenters. The highest BCUT2D eigenvalue weighted by Crippen LogP contribution is 2.24. The summed E-state index contributed by atoms with van der Waals surface area (Å²) < 4.78 is 13.6. The van der Waals surface area contributed by atoms with Gasteiger partial charge in [-0.15, -0.1) is 0 Å². The fourth-order valence-corrected chi connectivity index (χ4v) is 2.21. The van der Waals surface area contributed by atoms with Crippen LogP contribution < -0.4 is 0 Å². The predicted octanol–water partition coefficient (Wildman–Crippen LogP) is 2.46. The Labute approximate surface area is 95.1 Å². The van der Waals surface area contributed by atoms with Crippen molar-refractivity contribution in [1.29, 1.82) is 0 Å². The lowest BCUT2D eigenvalue weighted by Crippen LogP contribution is -2.34. The Bertz CT molecular complexity index is 361. The van der Waals surface area contributed by atoms with Gasteiger partial charge in [-0.2, -0.15) is 0 Å². The largest absolute Gasteiger partial charge is 0.289 e. The third kappa shape index (κ3) is 2.30. The van der Waals surface area contributed by atoms with Crippen molar-refractivity contribution in [2.75, 3.05) is 13.1 Å². The molecule has 1 heterocycles. The van der Waals surface area contributed by atoms with Crippen LogP contribution in [0.4, 0.5) is 4.39 Å². The summed E-state index contributed by atoms with van der Waals surface area (Å²) in [7, 11) is 0. The maximum atomic E-state index is 13.6. The number of rotatable bonds is 3. The van der Waals surface area contributed by atoms with E-state index in [4.69, 9.17) is 0 Å². The minimum Gasteiger partial charge on any atom is -0.289 e. The maximum Gasteiger partial charge on any atom is 0.222 e. The van der Waals surface area contributed by atoms with Crippen LogP contribution in [0.3, 0.4) is 0 Å². The van der Waals surface area contributed by atoms with E-state index in [1.54, 1.807) is 18.2 Å². The number of halogens is 1. The quantitative estimate of drug-likeness (QED) is 0.780. The van der Waals surface area contributed by atoms with E-state index in [0.717, 1.165) is 25.9 Å². The van der Waals surface area contributed by atoms with E-state index in [1.807, 2.05) is 11.2 Å². The maximum absolute atomic E-state index is 13.6. The molecule has 85 valence electrons. The molecule has 0 bridgehead atoms. The molecule has 0 N–H and O–H groups in total. The van der Waals surface area contributed by atoms with Crippen molar-refractivity contribution in [2.24, 2.45) is 0 Å². The number of nitrogens with zero attached hydrogens (tertiary/aromatic N) is 1. The van der Waals surface area contributed by atoms with Crippen molar-refractivity contribution < 1.29 is 9.18 Å². The summed E-state index contributed by atoms with van der Waals surface area (Å²) in [5.41, 5.74) is 0.444. The Hall–Kier alpha value is -1.22. The highest BCUT2D eigenvalue weighted by molar-refractivity contribution is 5.62. The number of hydrogen-bond acceptors (Lipinski definition) is 2. The summed E-state index contributed by atoms with van der Waals surface area (Å²) in [6.45, 7) is 1.71. The van der Waals surface area contributed by atoms with Crippen molar-refractivity contribution in [3.63, 3.8) is 0 Å². The third-order valence-electron chi connectivity index (χ3n) is 3.07. The average molecular weight is 220 g/mol. The molecular formula is C13H15FNO. The molecule has 2 nitrogen and oxygen atoms in total. The van der Waals surface area contributed by atoms with E-state index in [9.17, 15) is 9.18 Å². The molecule has 1 aromatic carbocycles. The van der Waals surface area contributed by atoms with Crippen molar-refractivity contribution in [3.05, 3.63) is 35.6 Å². The van der Waals surface area contributed by atoms with E-state index in [0.29, 0.717) is 5.56 Å². The first-order chi connectivity index (χ1) is 7.83. The van der Waals surface area contributed by atoms with Crippen molar-refractivity contribution >= 4 is 6.29 Å². The molecule has 3 heteroatoms. The van der Waals surface area contributed by atoms with E-state index in [1.165, 1.54) is 12.5 Å². The minimum atomic E-state index is -0.540. The molecule has 0 aromatic heterocycles. The standard InChI is InChI=1S/C13H15FNO/c14-12-7-3-2-6-11(12)13(10-16)15-8-4-1-5-9-15/h2-3,6-7,13H,1,4-5,8-9H2. The van der Waals surface area contributed by atoms with E-state index in [-0.39, 0.29) is 5.82 Å². The summed E-state index contributed by atoms with van der Waals surface area (Å²) in [6.07, 6.45) is 5.31. The molecule has 0 aliphatic carbocycles. The SMILES string of the molecule is O=[C]C(c1ccccc1F)N1CCCCC1. The van der Waals surface area contributed by atoms with Crippen LogP contribution in [-0.4, -0.2) is 24.3 Å². The molecule has 0 spiro atoms. The average Bonchev–Trinajstić information content (AvgIpc) is 2.34. The Morgan fingerprint density at radius 3 is 2.50 bits per heavy atom. The van der Waals surface area contributed by atoms with Gasteiger partial charge in [-0.3, -0.25) is 9.69 Å². The van der Waals surface area contributed by atoms with Gasteiger partial charge in [0.05, 0.1) is 0 Å². The highest BCUT2D eigenvalue weighted by atomic mass is 19.1. The zero-order valence-corrected chi connectivity index (χ0v) is 9.16. The van der Waals surface area contributed by atoms with Gasteiger partial charge in [0.15, 0.2) is 0 Å². The van der Waals surface area contributed by atoms with E-state index in [2.05, 4.69) is 0 Å². The van der Waals surface area contributed by atoms with Crippen molar-refractivity contribution in [2.45, 2.75) is 25.3 Å². The molecule has 16 heavy (non-hydrogen) atoms. The molecule has 2 rings (SSSR count). The molecule has 1 fully saturated rings. The summed E-state index contributed by atoms with van der Waals surface area (Å²) >= 11 is 0. The summed E-state index contributed by atoms with van der Waals surface area (Å²) in [6, 6.07) is 5.91. The summed E-state index contributed by atoms with van der Waals surface area (Å²) in [4.78, 5) is 13.0. The number of carbonyl (C=O) groups excluding carboxylic acids is 1. The zero-order valence-electron chi connectivity index (χ0n) is 9.16. The van der Waals surface area contributed by atoms with Crippen LogP contribution in [0.1, 0.15) is 30.9 Å². The second-order valence-electron chi connectivity index (χ2n) is 4.14. The number of hydrogen-bond donors (Lipinski definition) is 0. The van der Waals surface area contributed by atoms with Gasteiger partial charge in [0, 0.05) is 5.56 Å². The highest BCUT2D eigenvalue weighted by Gasteiger charge is 2.24. The fourth-order valence-electron chi connectivity index (χ4n) is 2.21. The number of piperidine rings is 1. The van der Waals surface area contributed by atoms with Gasteiger partial charge in [0.25, 0.3) is 0 Å². The second-order valence-corrected chi connectivity index (χ2v) is 4.14. The Balaban J connectivity index is 2.21. The smallest absolute Gasteiger partial charge is 0.222 e. The minimum absolute atomic E-state index is 0.318. The van der Waals surface area contributed by atoms with Gasteiger partial charge in [-0.25, -0.2) is 4.39 Å². The first kappa shape index (κ1) is 11.3. The lowest BCUT2D eigenvalue weighted by molar-refractivity contribution is 0.196. The van der Waals surface area contributed by atoms with Crippen LogP contribution in [-0.2, 0) is 4.79 Å². The van der Waals surface area contributed by atoms with Gasteiger partial charge >= 0.3 is 0 Å². The first-order valence-electron chi connectivity index (χ1n) is 5.69. The molecule has 0 amide bonds. The van der Waals surface area contributed by atoms with E-state index < -0.39 is 6.04 Å². The van der Waals surface area contributed by atoms with Gasteiger partial charge in [0.1, 0.15) is 11.9 Å². The van der Waals surface area contributed by atoms with Crippen LogP contribution in [0.5, 0.6) is 0 Å². The third-order valence-corrected chi connectivity index (χ3v) is 3.07. The van der Waals surface area contributed by atoms with Crippen molar-refractivity contribution in [1.82, 2.24) is 4.90 Å². The zero-order chi connectivity index (χ0) is 11.4. The van der Waals surface area contributed by atoms with Gasteiger partial charge < -0.3 is 0 Å². The van der Waals surface area contributed by atoms with E-state index >= 15 is 0 Å². The van der Waals surface area contributed by atoms with Gasteiger partial charge in [-0.05, 0) is 32.0 Å². The fraction of sp³-hybridized carbons (Fsp3) is 0.462. The lowest BCUT2D eigenvalue weighted by atomic mass is 10.0. The Kier molecular flexibility index (Phi) is 3.67. The molecule has 1 aromatic rings. The first-order valence-corrected chi connectivity index (χ1v) is 5.69. The molecule has 1 aliphatic heterocycles. The molecule has 1 unspecified atom stereocenters. The van der Waals surface area contributed by atoms with Crippen LogP contribution >= 0.6 is 0 Å². The Morgan fingerprint density at radius 2 is 1.88 bits per heavy atom. The number of likely N-dealkylation sites (tertiary alicyclic amines) is 1. The van der Waals surface area contributed by atoms with Gasteiger partial charge in [0.2, 0.25) is 6.29 Å². The molecule has 1 aliphatic rings. The van der Waals surface area contributed by atoms with Crippen LogP contribution in [0, 0.1) is 5.82 Å². The lowest BCUT2D eigenvalue weighted by Gasteiger charge is -2.31. The van der Waals surface area contributed by atoms with Crippen LogP contribution in [0.25, 0.3) is 0 Å². The van der Waals surface area contributed by atoms with Crippen LogP contribution in [0.2, 0.25) is 0 Å². The monoisotopic (exact) mass is 220 g/mol. The normalized spacial score (nSPS) is 19.3. The summed E-state index contributed by atoms with van der Waals surface area (Å²) in [5.74, 6) is -0.318. The van der Waals surface area contributed by atoms with Crippen LogP contribution in [0.15, 0.2) is 24.3 Å². The van der Waals surface area contributed by atoms with Gasteiger partial charge in [-0.1, -0.05) is 24.6 Å². The molecule has 1 saturated heterocycles. The summed E-state index contributed by atoms with van der Waals surface area (Å²) in [5, 5.41) is 0. The molecular weight excluding hydrogens is 205 g/mol.